The number of nitrogens with one attached hydrogen (secondary N) is 2. The van der Waals surface area contributed by atoms with Crippen molar-refractivity contribution >= 4 is 55.8 Å². The molecule has 0 spiro atoms. The van der Waals surface area contributed by atoms with Crippen molar-refractivity contribution in [3.63, 3.8) is 0 Å². The van der Waals surface area contributed by atoms with Gasteiger partial charge in [0.05, 0.1) is 15.7 Å². The molecule has 0 radical (unpaired) electrons. The molecule has 5 nitrogen and oxygen atoms in total. The van der Waals surface area contributed by atoms with Gasteiger partial charge in [0.2, 0.25) is 0 Å². The Kier molecular flexibility index (Phi) is 7.14. The maximum absolute atomic E-state index is 14.7. The largest absolute Gasteiger partial charge is 0.352 e. The van der Waals surface area contributed by atoms with E-state index in [2.05, 4.69) is 54.3 Å². The number of carbonyl (C=O) groups excluding carboxylic acids is 1. The van der Waals surface area contributed by atoms with Crippen molar-refractivity contribution in [2.45, 2.75) is 13.5 Å². The zero-order chi connectivity index (χ0) is 21.0. The third-order valence-electron chi connectivity index (χ3n) is 3.98. The Balaban J connectivity index is 1.85. The van der Waals surface area contributed by atoms with Crippen molar-refractivity contribution in [1.82, 2.24) is 10.5 Å². The molecule has 0 saturated carbocycles. The molecule has 1 aromatic heterocycles. The Morgan fingerprint density at radius 2 is 2.03 bits per heavy atom. The summed E-state index contributed by atoms with van der Waals surface area (Å²) in [6.07, 6.45) is 3.21. The first-order valence-corrected chi connectivity index (χ1v) is 10.3. The summed E-state index contributed by atoms with van der Waals surface area (Å²) in [5.74, 6) is -2.99. The molecule has 0 fully saturated rings. The number of amides is 1. The number of hydrogen-bond donors (Lipinski definition) is 2. The minimum atomic E-state index is -1.17. The molecule has 2 N–H and O–H groups in total. The fourth-order valence-electron chi connectivity index (χ4n) is 2.52. The lowest BCUT2D eigenvalue weighted by atomic mass is 10.1. The molecule has 1 amide bonds. The van der Waals surface area contributed by atoms with Gasteiger partial charge >= 0.3 is 0 Å². The first kappa shape index (κ1) is 21.6. The van der Waals surface area contributed by atoms with Crippen LogP contribution in [0.1, 0.15) is 21.5 Å². The number of rotatable bonds is 6. The minimum absolute atomic E-state index is 0.0728. The summed E-state index contributed by atoms with van der Waals surface area (Å²) in [6.45, 7) is 1.90. The molecule has 0 bridgehead atoms. The Bertz CT molecular complexity index is 1050. The van der Waals surface area contributed by atoms with Crippen molar-refractivity contribution in [2.75, 3.05) is 5.32 Å². The Labute approximate surface area is 188 Å². The lowest BCUT2D eigenvalue weighted by Gasteiger charge is -2.16. The van der Waals surface area contributed by atoms with Gasteiger partial charge in [0, 0.05) is 21.7 Å². The maximum atomic E-state index is 14.7. The Morgan fingerprint density at radius 3 is 2.72 bits per heavy atom. The van der Waals surface area contributed by atoms with Gasteiger partial charge in [-0.2, -0.15) is 0 Å². The molecule has 0 saturated heterocycles. The summed E-state index contributed by atoms with van der Waals surface area (Å²) < 4.78 is 29.6. The molecule has 29 heavy (non-hydrogen) atoms. The van der Waals surface area contributed by atoms with Crippen LogP contribution in [0.3, 0.4) is 0 Å². The second kappa shape index (κ2) is 9.59. The second-order valence-electron chi connectivity index (χ2n) is 6.07. The molecule has 2 aromatic carbocycles. The summed E-state index contributed by atoms with van der Waals surface area (Å²) in [6, 6.07) is 10.1. The SMILES string of the molecule is Cc1cc(I)ccc1Nc1c(C(=O)NOCc2cccnc2)cc(Br)c(F)c1F. The number of pyridine rings is 1. The minimum Gasteiger partial charge on any atom is -0.352 e. The monoisotopic (exact) mass is 573 g/mol. The van der Waals surface area contributed by atoms with Crippen molar-refractivity contribution in [3.05, 3.63) is 85.2 Å². The molecule has 0 aliphatic heterocycles. The van der Waals surface area contributed by atoms with Crippen LogP contribution in [0, 0.1) is 22.1 Å². The number of aryl methyl sites for hydroxylation is 1. The van der Waals surface area contributed by atoms with E-state index in [1.165, 1.54) is 6.07 Å². The van der Waals surface area contributed by atoms with E-state index in [4.69, 9.17) is 4.84 Å². The third-order valence-corrected chi connectivity index (χ3v) is 5.23. The molecule has 0 aliphatic carbocycles. The Hall–Kier alpha value is -2.11. The van der Waals surface area contributed by atoms with Gasteiger partial charge in [-0.1, -0.05) is 6.07 Å². The zero-order valence-corrected chi connectivity index (χ0v) is 18.8. The standard InChI is InChI=1S/C20H15BrF2IN3O2/c1-11-7-13(24)4-5-16(11)26-19-14(8-15(21)17(22)18(19)23)20(28)27-29-10-12-3-2-6-25-9-12/h2-9,26H,10H2,1H3,(H,27,28). The Morgan fingerprint density at radius 1 is 1.24 bits per heavy atom. The van der Waals surface area contributed by atoms with Crippen LogP contribution in [0.25, 0.3) is 0 Å². The van der Waals surface area contributed by atoms with Crippen LogP contribution >= 0.6 is 38.5 Å². The van der Waals surface area contributed by atoms with Gasteiger partial charge < -0.3 is 5.32 Å². The van der Waals surface area contributed by atoms with Crippen LogP contribution < -0.4 is 10.8 Å². The van der Waals surface area contributed by atoms with E-state index in [0.29, 0.717) is 5.69 Å². The molecular formula is C20H15BrF2IN3O2. The lowest BCUT2D eigenvalue weighted by Crippen LogP contribution is -2.25. The van der Waals surface area contributed by atoms with Crippen LogP contribution in [0.5, 0.6) is 0 Å². The predicted molar refractivity (Wildman–Crippen MR) is 118 cm³/mol. The van der Waals surface area contributed by atoms with Crippen molar-refractivity contribution in [2.24, 2.45) is 0 Å². The van der Waals surface area contributed by atoms with Gasteiger partial charge in [0.15, 0.2) is 11.6 Å². The van der Waals surface area contributed by atoms with Crippen LogP contribution in [0.4, 0.5) is 20.2 Å². The highest BCUT2D eigenvalue weighted by molar-refractivity contribution is 14.1. The third kappa shape index (κ3) is 5.28. The van der Waals surface area contributed by atoms with E-state index in [1.807, 2.05) is 19.1 Å². The molecule has 1 heterocycles. The molecule has 0 atom stereocenters. The normalized spacial score (nSPS) is 10.7. The van der Waals surface area contributed by atoms with E-state index in [0.717, 1.165) is 14.7 Å². The molecule has 3 aromatic rings. The number of carbonyl (C=O) groups is 1. The van der Waals surface area contributed by atoms with Gasteiger partial charge in [-0.25, -0.2) is 14.3 Å². The van der Waals surface area contributed by atoms with Gasteiger partial charge in [-0.15, -0.1) is 0 Å². The number of aromatic nitrogens is 1. The number of benzene rings is 2. The number of hydroxylamine groups is 1. The first-order valence-electron chi connectivity index (χ1n) is 8.38. The maximum Gasteiger partial charge on any atom is 0.277 e. The predicted octanol–water partition coefficient (Wildman–Crippen LogP) is 5.64. The van der Waals surface area contributed by atoms with Crippen LogP contribution in [-0.4, -0.2) is 10.9 Å². The summed E-state index contributed by atoms with van der Waals surface area (Å²) in [5, 5.41) is 2.83. The fourth-order valence-corrected chi connectivity index (χ4v) is 3.57. The highest BCUT2D eigenvalue weighted by atomic mass is 127. The second-order valence-corrected chi connectivity index (χ2v) is 8.17. The van der Waals surface area contributed by atoms with Crippen LogP contribution in [-0.2, 0) is 11.4 Å². The van der Waals surface area contributed by atoms with E-state index >= 15 is 0 Å². The van der Waals surface area contributed by atoms with Gasteiger partial charge in [-0.3, -0.25) is 14.6 Å². The van der Waals surface area contributed by atoms with Crippen molar-refractivity contribution in [3.8, 4) is 0 Å². The van der Waals surface area contributed by atoms with Crippen LogP contribution in [0.2, 0.25) is 0 Å². The van der Waals surface area contributed by atoms with Gasteiger partial charge in [0.25, 0.3) is 5.91 Å². The van der Waals surface area contributed by atoms with E-state index in [9.17, 15) is 13.6 Å². The molecule has 9 heteroatoms. The quantitative estimate of drug-likeness (QED) is 0.228. The zero-order valence-electron chi connectivity index (χ0n) is 15.1. The highest BCUT2D eigenvalue weighted by Crippen LogP contribution is 2.32. The number of hydrogen-bond acceptors (Lipinski definition) is 4. The summed E-state index contributed by atoms with van der Waals surface area (Å²) in [4.78, 5) is 21.7. The molecule has 150 valence electrons. The average Bonchev–Trinajstić information content (AvgIpc) is 2.70. The van der Waals surface area contributed by atoms with Crippen molar-refractivity contribution < 1.29 is 18.4 Å². The summed E-state index contributed by atoms with van der Waals surface area (Å²) in [5.41, 5.74) is 3.98. The summed E-state index contributed by atoms with van der Waals surface area (Å²) >= 11 is 5.09. The molecule has 0 unspecified atom stereocenters. The van der Waals surface area contributed by atoms with Gasteiger partial charge in [0.1, 0.15) is 6.61 Å². The van der Waals surface area contributed by atoms with Gasteiger partial charge in [-0.05, 0) is 86.9 Å². The lowest BCUT2D eigenvalue weighted by molar-refractivity contribution is 0.0233. The van der Waals surface area contributed by atoms with E-state index in [-0.39, 0.29) is 22.3 Å². The van der Waals surface area contributed by atoms with E-state index in [1.54, 1.807) is 30.6 Å². The highest BCUT2D eigenvalue weighted by Gasteiger charge is 2.22. The smallest absolute Gasteiger partial charge is 0.277 e. The first-order chi connectivity index (χ1) is 13.9. The van der Waals surface area contributed by atoms with Crippen molar-refractivity contribution in [1.29, 1.82) is 0 Å². The molecular weight excluding hydrogens is 559 g/mol. The number of nitrogens with zero attached hydrogens (tertiary/aromatic N) is 1. The summed E-state index contributed by atoms with van der Waals surface area (Å²) in [7, 11) is 0. The van der Waals surface area contributed by atoms with E-state index < -0.39 is 17.5 Å². The van der Waals surface area contributed by atoms with Crippen LogP contribution in [0.15, 0.2) is 53.3 Å². The fraction of sp³-hybridized carbons (Fsp3) is 0.100. The average molecular weight is 574 g/mol. The topological polar surface area (TPSA) is 63.2 Å². The molecule has 0 aliphatic rings. The number of halogens is 4. The number of anilines is 2. The molecule has 3 rings (SSSR count).